The number of hydrogen-bond acceptors (Lipinski definition) is 7. The van der Waals surface area contributed by atoms with Crippen LogP contribution >= 0.6 is 0 Å². The van der Waals surface area contributed by atoms with Gasteiger partial charge in [-0.25, -0.2) is 19.7 Å². The van der Waals surface area contributed by atoms with Crippen LogP contribution in [0.3, 0.4) is 0 Å². The van der Waals surface area contributed by atoms with Gasteiger partial charge in [-0.15, -0.1) is 0 Å². The van der Waals surface area contributed by atoms with Crippen LogP contribution < -0.4 is 5.73 Å². The molecule has 0 bridgehead atoms. The van der Waals surface area contributed by atoms with Crippen molar-refractivity contribution in [3.63, 3.8) is 0 Å². The van der Waals surface area contributed by atoms with E-state index in [0.717, 1.165) is 0 Å². The van der Waals surface area contributed by atoms with Crippen molar-refractivity contribution in [2.75, 3.05) is 5.73 Å². The molecule has 2 aromatic rings. The van der Waals surface area contributed by atoms with Crippen LogP contribution in [-0.2, 0) is 9.53 Å². The van der Waals surface area contributed by atoms with Gasteiger partial charge in [0.05, 0.1) is 12.4 Å². The number of imidazole rings is 1. The average Bonchev–Trinajstić information content (AvgIpc) is 2.93. The quantitative estimate of drug-likeness (QED) is 0.638. The molecule has 3 atom stereocenters. The van der Waals surface area contributed by atoms with Gasteiger partial charge in [0.1, 0.15) is 18.1 Å². The molecule has 1 saturated heterocycles. The zero-order valence-corrected chi connectivity index (χ0v) is 9.67. The first-order chi connectivity index (χ1) is 9.08. The second-order valence-corrected chi connectivity index (χ2v) is 4.24. The van der Waals surface area contributed by atoms with E-state index in [1.807, 2.05) is 0 Å². The Kier molecular flexibility index (Phi) is 2.57. The van der Waals surface area contributed by atoms with Gasteiger partial charge < -0.3 is 20.7 Å². The molecule has 4 N–H and O–H groups in total. The third-order valence-corrected chi connectivity index (χ3v) is 3.04. The lowest BCUT2D eigenvalue weighted by Gasteiger charge is -2.12. The maximum Gasteiger partial charge on any atom is 0.335 e. The molecule has 0 saturated carbocycles. The highest BCUT2D eigenvalue weighted by Crippen LogP contribution is 2.31. The third-order valence-electron chi connectivity index (χ3n) is 3.04. The predicted octanol–water partition coefficient (Wildman–Crippen LogP) is -0.859. The van der Waals surface area contributed by atoms with Crippen LogP contribution in [0.15, 0.2) is 12.7 Å². The summed E-state index contributed by atoms with van der Waals surface area (Å²) in [4.78, 5) is 22.8. The van der Waals surface area contributed by atoms with Crippen molar-refractivity contribution < 1.29 is 19.7 Å². The zero-order chi connectivity index (χ0) is 13.6. The molecule has 9 nitrogen and oxygen atoms in total. The summed E-state index contributed by atoms with van der Waals surface area (Å²) in [6.07, 6.45) is -0.0873. The highest BCUT2D eigenvalue weighted by atomic mass is 16.6. The van der Waals surface area contributed by atoms with Gasteiger partial charge in [-0.1, -0.05) is 0 Å². The summed E-state index contributed by atoms with van der Waals surface area (Å²) in [5.41, 5.74) is 6.52. The first-order valence-electron chi connectivity index (χ1n) is 5.57. The van der Waals surface area contributed by atoms with Gasteiger partial charge in [0.15, 0.2) is 17.6 Å². The van der Waals surface area contributed by atoms with E-state index in [4.69, 9.17) is 15.6 Å². The van der Waals surface area contributed by atoms with Crippen LogP contribution in [0.4, 0.5) is 5.82 Å². The lowest BCUT2D eigenvalue weighted by molar-refractivity contribution is -0.155. The second-order valence-electron chi connectivity index (χ2n) is 4.24. The summed E-state index contributed by atoms with van der Waals surface area (Å²) >= 11 is 0. The average molecular weight is 265 g/mol. The van der Waals surface area contributed by atoms with E-state index in [2.05, 4.69) is 15.0 Å². The molecule has 0 radical (unpaired) electrons. The zero-order valence-electron chi connectivity index (χ0n) is 9.67. The predicted molar refractivity (Wildman–Crippen MR) is 61.9 cm³/mol. The lowest BCUT2D eigenvalue weighted by Crippen LogP contribution is -2.29. The lowest BCUT2D eigenvalue weighted by atomic mass is 10.2. The number of nitrogens with two attached hydrogens (primary N) is 1. The number of nitrogens with zero attached hydrogens (tertiary/aromatic N) is 4. The standard InChI is InChI=1S/C10H11N5O4/c11-8-6-9(13-2-12-8)15(3-14-6)5-1-4(16)7(19-5)10(17)18/h2-5,7,16H,1H2,(H,17,18)(H2,11,12,13)/t4-,5+,7-/m1/s1. The summed E-state index contributed by atoms with van der Waals surface area (Å²) in [7, 11) is 0. The molecule has 0 amide bonds. The topological polar surface area (TPSA) is 136 Å². The van der Waals surface area contributed by atoms with E-state index < -0.39 is 24.4 Å². The first-order valence-corrected chi connectivity index (χ1v) is 5.57. The molecule has 2 aromatic heterocycles. The van der Waals surface area contributed by atoms with Crippen LogP contribution in [0, 0.1) is 0 Å². The van der Waals surface area contributed by atoms with Crippen LogP contribution in [-0.4, -0.2) is 47.9 Å². The van der Waals surface area contributed by atoms with Crippen molar-refractivity contribution in [1.82, 2.24) is 19.5 Å². The van der Waals surface area contributed by atoms with Crippen molar-refractivity contribution in [3.05, 3.63) is 12.7 Å². The highest BCUT2D eigenvalue weighted by Gasteiger charge is 2.40. The molecule has 0 aliphatic carbocycles. The number of anilines is 1. The van der Waals surface area contributed by atoms with E-state index in [9.17, 15) is 9.90 Å². The normalized spacial score (nSPS) is 26.9. The Balaban J connectivity index is 1.98. The summed E-state index contributed by atoms with van der Waals surface area (Å²) in [6.45, 7) is 0. The Bertz CT molecular complexity index is 642. The van der Waals surface area contributed by atoms with Crippen molar-refractivity contribution in [3.8, 4) is 0 Å². The number of nitrogen functional groups attached to an aromatic ring is 1. The van der Waals surface area contributed by atoms with E-state index in [1.54, 1.807) is 4.57 Å². The fraction of sp³-hybridized carbons (Fsp3) is 0.400. The van der Waals surface area contributed by atoms with Gasteiger partial charge in [0, 0.05) is 6.42 Å². The number of aliphatic hydroxyl groups is 1. The maximum absolute atomic E-state index is 10.9. The Labute approximate surface area is 106 Å². The van der Waals surface area contributed by atoms with Gasteiger partial charge in [0.2, 0.25) is 0 Å². The molecule has 0 spiro atoms. The number of carboxylic acids is 1. The van der Waals surface area contributed by atoms with Gasteiger partial charge in [-0.2, -0.15) is 0 Å². The van der Waals surface area contributed by atoms with Gasteiger partial charge in [-0.3, -0.25) is 4.57 Å². The molecule has 1 fully saturated rings. The fourth-order valence-electron chi connectivity index (χ4n) is 2.13. The van der Waals surface area contributed by atoms with E-state index >= 15 is 0 Å². The number of aromatic nitrogens is 4. The fourth-order valence-corrected chi connectivity index (χ4v) is 2.13. The smallest absolute Gasteiger partial charge is 0.335 e. The minimum atomic E-state index is -1.25. The molecular formula is C10H11N5O4. The molecule has 19 heavy (non-hydrogen) atoms. The number of ether oxygens (including phenoxy) is 1. The minimum absolute atomic E-state index is 0.145. The molecule has 1 aliphatic heterocycles. The van der Waals surface area contributed by atoms with Crippen LogP contribution in [0.1, 0.15) is 12.6 Å². The van der Waals surface area contributed by atoms with Crippen molar-refractivity contribution in [1.29, 1.82) is 0 Å². The summed E-state index contributed by atoms with van der Waals surface area (Å²) < 4.78 is 6.84. The van der Waals surface area contributed by atoms with Gasteiger partial charge in [-0.05, 0) is 0 Å². The molecule has 9 heteroatoms. The molecule has 0 unspecified atom stereocenters. The molecule has 3 rings (SSSR count). The monoisotopic (exact) mass is 265 g/mol. The van der Waals surface area contributed by atoms with Crippen molar-refractivity contribution in [2.24, 2.45) is 0 Å². The first kappa shape index (κ1) is 11.8. The van der Waals surface area contributed by atoms with Crippen molar-refractivity contribution >= 4 is 23.0 Å². The second kappa shape index (κ2) is 4.14. The van der Waals surface area contributed by atoms with E-state index in [1.165, 1.54) is 12.7 Å². The number of fused-ring (bicyclic) bond motifs is 1. The van der Waals surface area contributed by atoms with E-state index in [-0.39, 0.29) is 12.2 Å². The maximum atomic E-state index is 10.9. The van der Waals surface area contributed by atoms with Crippen molar-refractivity contribution in [2.45, 2.75) is 24.9 Å². The van der Waals surface area contributed by atoms with Crippen LogP contribution in [0.2, 0.25) is 0 Å². The molecule has 100 valence electrons. The molecule has 1 aliphatic rings. The summed E-state index contributed by atoms with van der Waals surface area (Å²) in [5, 5.41) is 18.6. The van der Waals surface area contributed by atoms with E-state index in [0.29, 0.717) is 11.2 Å². The Morgan fingerprint density at radius 2 is 2.26 bits per heavy atom. The largest absolute Gasteiger partial charge is 0.479 e. The SMILES string of the molecule is Nc1ncnc2c1ncn2[C@@H]1C[C@@H](O)[C@H](C(=O)O)O1. The number of aliphatic carboxylic acids is 1. The third kappa shape index (κ3) is 1.79. The Morgan fingerprint density at radius 1 is 1.47 bits per heavy atom. The minimum Gasteiger partial charge on any atom is -0.479 e. The number of rotatable bonds is 2. The number of carbonyl (C=O) groups is 1. The van der Waals surface area contributed by atoms with Gasteiger partial charge >= 0.3 is 5.97 Å². The Morgan fingerprint density at radius 3 is 2.95 bits per heavy atom. The summed E-state index contributed by atoms with van der Waals surface area (Å²) in [6, 6.07) is 0. The van der Waals surface area contributed by atoms with Crippen LogP contribution in [0.5, 0.6) is 0 Å². The number of aliphatic hydroxyl groups excluding tert-OH is 1. The highest BCUT2D eigenvalue weighted by molar-refractivity contribution is 5.81. The molecule has 0 aromatic carbocycles. The molecular weight excluding hydrogens is 254 g/mol. The Hall–Kier alpha value is -2.26. The molecule has 3 heterocycles. The summed E-state index contributed by atoms with van der Waals surface area (Å²) in [5.74, 6) is -0.967. The van der Waals surface area contributed by atoms with Gasteiger partial charge in [0.25, 0.3) is 0 Å². The van der Waals surface area contributed by atoms with Crippen LogP contribution in [0.25, 0.3) is 11.2 Å². The number of carboxylic acid groups (broad SMARTS) is 1. The number of hydrogen-bond donors (Lipinski definition) is 3.